The molecular weight excluding hydrogens is 316 g/mol. The minimum atomic E-state index is 0.207. The van der Waals surface area contributed by atoms with Crippen LogP contribution < -0.4 is 20.0 Å². The monoisotopic (exact) mass is 348 g/mol. The molecule has 1 amide bonds. The molecule has 25 heavy (non-hydrogen) atoms. The molecule has 1 aromatic rings. The Labute approximate surface area is 150 Å². The summed E-state index contributed by atoms with van der Waals surface area (Å²) in [4.78, 5) is 17.7. The fourth-order valence-electron chi connectivity index (χ4n) is 3.95. The molecule has 2 aliphatic rings. The number of benzene rings is 1. The van der Waals surface area contributed by atoms with Gasteiger partial charge < -0.3 is 25.1 Å². The van der Waals surface area contributed by atoms with E-state index >= 15 is 0 Å². The van der Waals surface area contributed by atoms with Crippen molar-refractivity contribution < 1.29 is 19.7 Å². The van der Waals surface area contributed by atoms with Crippen LogP contribution in [0.2, 0.25) is 0 Å². The number of nitrogens with zero attached hydrogens (tertiary/aromatic N) is 1. The fourth-order valence-corrected chi connectivity index (χ4v) is 3.95. The van der Waals surface area contributed by atoms with Crippen LogP contribution in [0, 0.1) is 0 Å². The van der Waals surface area contributed by atoms with Crippen molar-refractivity contribution in [2.45, 2.75) is 25.8 Å². The summed E-state index contributed by atoms with van der Waals surface area (Å²) in [5, 5.41) is 12.6. The van der Waals surface area contributed by atoms with Crippen LogP contribution in [0.4, 0.5) is 5.69 Å². The SMILES string of the molecule is CC[NH+]1CCC(NC(=O)C[NH+]2CCN(c3ccc(O)cc3)CC2)CC1. The second-order valence-electron chi connectivity index (χ2n) is 7.38. The van der Waals surface area contributed by atoms with Crippen molar-refractivity contribution >= 4 is 11.6 Å². The van der Waals surface area contributed by atoms with Crippen molar-refractivity contribution in [3.8, 4) is 5.75 Å². The van der Waals surface area contributed by atoms with Crippen LogP contribution in [0.3, 0.4) is 0 Å². The number of carbonyl (C=O) groups is 1. The summed E-state index contributed by atoms with van der Waals surface area (Å²) in [5.74, 6) is 0.508. The second kappa shape index (κ2) is 8.54. The molecular formula is C19H32N4O2+2. The van der Waals surface area contributed by atoms with Gasteiger partial charge in [0.05, 0.1) is 45.8 Å². The van der Waals surface area contributed by atoms with Gasteiger partial charge in [0.1, 0.15) is 5.75 Å². The van der Waals surface area contributed by atoms with E-state index in [9.17, 15) is 9.90 Å². The van der Waals surface area contributed by atoms with Crippen molar-refractivity contribution in [1.29, 1.82) is 0 Å². The van der Waals surface area contributed by atoms with Gasteiger partial charge in [-0.15, -0.1) is 0 Å². The average molecular weight is 348 g/mol. The van der Waals surface area contributed by atoms with Gasteiger partial charge in [-0.3, -0.25) is 4.79 Å². The zero-order valence-electron chi connectivity index (χ0n) is 15.3. The number of carbonyl (C=O) groups excluding carboxylic acids is 1. The van der Waals surface area contributed by atoms with E-state index in [0.29, 0.717) is 18.3 Å². The van der Waals surface area contributed by atoms with E-state index in [-0.39, 0.29) is 5.91 Å². The first kappa shape index (κ1) is 18.0. The smallest absolute Gasteiger partial charge is 0.275 e. The number of aromatic hydroxyl groups is 1. The van der Waals surface area contributed by atoms with E-state index in [2.05, 4.69) is 17.1 Å². The summed E-state index contributed by atoms with van der Waals surface area (Å²) in [6.07, 6.45) is 2.22. The summed E-state index contributed by atoms with van der Waals surface area (Å²) < 4.78 is 0. The van der Waals surface area contributed by atoms with E-state index in [1.807, 2.05) is 12.1 Å². The minimum Gasteiger partial charge on any atom is -0.508 e. The first-order valence-corrected chi connectivity index (χ1v) is 9.64. The minimum absolute atomic E-state index is 0.207. The van der Waals surface area contributed by atoms with Gasteiger partial charge in [-0.25, -0.2) is 0 Å². The van der Waals surface area contributed by atoms with Crippen molar-refractivity contribution in [2.75, 3.05) is 57.3 Å². The summed E-state index contributed by atoms with van der Waals surface area (Å²) in [5.41, 5.74) is 1.14. The lowest BCUT2D eigenvalue weighted by atomic mass is 10.1. The van der Waals surface area contributed by atoms with Crippen molar-refractivity contribution in [1.82, 2.24) is 5.32 Å². The Hall–Kier alpha value is -1.79. The quantitative estimate of drug-likeness (QED) is 0.512. The molecule has 2 aliphatic heterocycles. The molecule has 3 rings (SSSR count). The Morgan fingerprint density at radius 1 is 1.12 bits per heavy atom. The van der Waals surface area contributed by atoms with Crippen LogP contribution >= 0.6 is 0 Å². The summed E-state index contributed by atoms with van der Waals surface area (Å²) in [6.45, 7) is 10.2. The van der Waals surface area contributed by atoms with Crippen LogP contribution in [0.5, 0.6) is 5.75 Å². The molecule has 1 aromatic carbocycles. The predicted octanol–water partition coefficient (Wildman–Crippen LogP) is -1.72. The number of anilines is 1. The Balaban J connectivity index is 1.38. The van der Waals surface area contributed by atoms with Crippen LogP contribution in [-0.4, -0.2) is 69.4 Å². The van der Waals surface area contributed by atoms with Gasteiger partial charge in [-0.05, 0) is 31.2 Å². The van der Waals surface area contributed by atoms with E-state index in [1.165, 1.54) is 24.5 Å². The van der Waals surface area contributed by atoms with Gasteiger partial charge in [-0.1, -0.05) is 0 Å². The van der Waals surface area contributed by atoms with Crippen LogP contribution in [0.15, 0.2) is 24.3 Å². The Kier molecular flexibility index (Phi) is 6.15. The van der Waals surface area contributed by atoms with E-state index < -0.39 is 0 Å². The number of amides is 1. The highest BCUT2D eigenvalue weighted by Crippen LogP contribution is 2.18. The van der Waals surface area contributed by atoms with Crippen LogP contribution in [-0.2, 0) is 4.79 Å². The Bertz CT molecular complexity index is 547. The van der Waals surface area contributed by atoms with Gasteiger partial charge in [0, 0.05) is 24.6 Å². The standard InChI is InChI=1S/C19H30N4O2/c1-2-21-9-7-16(8-10-21)20-19(25)15-22-11-13-23(14-12-22)17-3-5-18(24)6-4-17/h3-6,16,24H,2,7-15H2,1H3,(H,20,25)/p+2. The van der Waals surface area contributed by atoms with E-state index in [0.717, 1.165) is 44.7 Å². The number of likely N-dealkylation sites (tertiary alicyclic amines) is 1. The number of quaternary nitrogens is 2. The number of phenolic OH excluding ortho intramolecular Hbond substituents is 1. The molecule has 2 saturated heterocycles. The number of phenols is 1. The molecule has 6 heteroatoms. The Morgan fingerprint density at radius 2 is 1.76 bits per heavy atom. The molecule has 0 aromatic heterocycles. The molecule has 0 saturated carbocycles. The largest absolute Gasteiger partial charge is 0.508 e. The normalized spacial score (nSPS) is 24.9. The third-order valence-corrected chi connectivity index (χ3v) is 5.65. The first-order valence-electron chi connectivity index (χ1n) is 9.64. The lowest BCUT2D eigenvalue weighted by Gasteiger charge is -2.34. The molecule has 2 heterocycles. The molecule has 138 valence electrons. The lowest BCUT2D eigenvalue weighted by molar-refractivity contribution is -0.903. The third kappa shape index (κ3) is 5.09. The summed E-state index contributed by atoms with van der Waals surface area (Å²) in [7, 11) is 0. The first-order chi connectivity index (χ1) is 12.1. The maximum Gasteiger partial charge on any atom is 0.275 e. The number of hydrogen-bond acceptors (Lipinski definition) is 3. The Morgan fingerprint density at radius 3 is 2.36 bits per heavy atom. The third-order valence-electron chi connectivity index (χ3n) is 5.65. The summed E-state index contributed by atoms with van der Waals surface area (Å²) in [6, 6.07) is 7.75. The average Bonchev–Trinajstić information content (AvgIpc) is 2.64. The zero-order valence-corrected chi connectivity index (χ0v) is 15.3. The topological polar surface area (TPSA) is 61.5 Å². The van der Waals surface area contributed by atoms with E-state index in [4.69, 9.17) is 0 Å². The van der Waals surface area contributed by atoms with E-state index in [1.54, 1.807) is 17.0 Å². The molecule has 0 bridgehead atoms. The van der Waals surface area contributed by atoms with Gasteiger partial charge in [0.2, 0.25) is 0 Å². The van der Waals surface area contributed by atoms with Crippen molar-refractivity contribution in [3.05, 3.63) is 24.3 Å². The molecule has 0 unspecified atom stereocenters. The number of rotatable bonds is 5. The maximum absolute atomic E-state index is 12.3. The van der Waals surface area contributed by atoms with Crippen LogP contribution in [0.1, 0.15) is 19.8 Å². The number of piperazine rings is 1. The molecule has 6 nitrogen and oxygen atoms in total. The molecule has 2 fully saturated rings. The number of piperidine rings is 1. The van der Waals surface area contributed by atoms with Gasteiger partial charge in [0.15, 0.2) is 6.54 Å². The second-order valence-corrected chi connectivity index (χ2v) is 7.38. The highest BCUT2D eigenvalue weighted by Gasteiger charge is 2.26. The molecule has 0 atom stereocenters. The van der Waals surface area contributed by atoms with Crippen molar-refractivity contribution in [2.24, 2.45) is 0 Å². The maximum atomic E-state index is 12.3. The molecule has 0 spiro atoms. The van der Waals surface area contributed by atoms with Gasteiger partial charge in [0.25, 0.3) is 5.91 Å². The molecule has 0 radical (unpaired) electrons. The van der Waals surface area contributed by atoms with Gasteiger partial charge >= 0.3 is 0 Å². The lowest BCUT2D eigenvalue weighted by Crippen LogP contribution is -3.16. The molecule has 0 aliphatic carbocycles. The summed E-state index contributed by atoms with van der Waals surface area (Å²) >= 11 is 0. The predicted molar refractivity (Wildman–Crippen MR) is 98.3 cm³/mol. The number of nitrogens with one attached hydrogen (secondary N) is 3. The van der Waals surface area contributed by atoms with Crippen LogP contribution in [0.25, 0.3) is 0 Å². The zero-order chi connectivity index (χ0) is 17.6. The van der Waals surface area contributed by atoms with Gasteiger partial charge in [-0.2, -0.15) is 0 Å². The van der Waals surface area contributed by atoms with Crippen molar-refractivity contribution in [3.63, 3.8) is 0 Å². The molecule has 4 N–H and O–H groups in total. The highest BCUT2D eigenvalue weighted by atomic mass is 16.3. The fraction of sp³-hybridized carbons (Fsp3) is 0.632. The highest BCUT2D eigenvalue weighted by molar-refractivity contribution is 5.77. The number of hydrogen-bond donors (Lipinski definition) is 4.